The predicted octanol–water partition coefficient (Wildman–Crippen LogP) is 6.60. The lowest BCUT2D eigenvalue weighted by Crippen LogP contribution is -2.32. The molecule has 1 unspecified atom stereocenters. The van der Waals surface area contributed by atoms with Gasteiger partial charge in [-0.15, -0.1) is 0 Å². The number of hydrogen-bond acceptors (Lipinski definition) is 3. The van der Waals surface area contributed by atoms with Crippen LogP contribution in [0.5, 0.6) is 0 Å². The van der Waals surface area contributed by atoms with Crippen LogP contribution >= 0.6 is 0 Å². The summed E-state index contributed by atoms with van der Waals surface area (Å²) >= 11 is 0. The molecule has 200 valence electrons. The Kier molecular flexibility index (Phi) is 9.91. The molecule has 4 nitrogen and oxygen atoms in total. The van der Waals surface area contributed by atoms with Gasteiger partial charge in [-0.2, -0.15) is 0 Å². The molecule has 0 spiro atoms. The van der Waals surface area contributed by atoms with Crippen molar-refractivity contribution in [3.8, 4) is 0 Å². The maximum Gasteiger partial charge on any atom is 0.307 e. The van der Waals surface area contributed by atoms with Crippen LogP contribution in [0.1, 0.15) is 65.5 Å². The number of aliphatic carboxylic acids is 1. The zero-order valence-corrected chi connectivity index (χ0v) is 22.8. The van der Waals surface area contributed by atoms with Gasteiger partial charge in [0.2, 0.25) is 0 Å². The van der Waals surface area contributed by atoms with E-state index in [0.717, 1.165) is 74.8 Å². The van der Waals surface area contributed by atoms with Gasteiger partial charge in [0.25, 0.3) is 0 Å². The van der Waals surface area contributed by atoms with E-state index in [1.54, 1.807) is 5.57 Å². The Hall–Kier alpha value is -3.21. The van der Waals surface area contributed by atoms with Gasteiger partial charge in [0, 0.05) is 13.1 Å². The molecule has 2 N–H and O–H groups in total. The summed E-state index contributed by atoms with van der Waals surface area (Å²) < 4.78 is 0. The Bertz CT molecular complexity index is 1180. The molecule has 1 fully saturated rings. The highest BCUT2D eigenvalue weighted by Gasteiger charge is 2.19. The van der Waals surface area contributed by atoms with Crippen LogP contribution in [0.3, 0.4) is 0 Å². The van der Waals surface area contributed by atoms with E-state index in [1.807, 2.05) is 19.1 Å². The molecule has 0 radical (unpaired) electrons. The third-order valence-electron chi connectivity index (χ3n) is 8.05. The lowest BCUT2D eigenvalue weighted by molar-refractivity contribution is -0.136. The first-order chi connectivity index (χ1) is 18.4. The highest BCUT2D eigenvalue weighted by atomic mass is 16.4. The van der Waals surface area contributed by atoms with E-state index < -0.39 is 5.97 Å². The van der Waals surface area contributed by atoms with E-state index >= 15 is 0 Å². The first kappa shape index (κ1) is 27.8. The highest BCUT2D eigenvalue weighted by molar-refractivity contribution is 5.82. The minimum Gasteiger partial charge on any atom is -0.481 e. The number of carboxylic acids is 1. The molecule has 1 heterocycles. The summed E-state index contributed by atoms with van der Waals surface area (Å²) in [5.41, 5.74) is 9.82. The zero-order valence-electron chi connectivity index (χ0n) is 22.8. The van der Waals surface area contributed by atoms with Gasteiger partial charge >= 0.3 is 5.97 Å². The molecule has 38 heavy (non-hydrogen) atoms. The van der Waals surface area contributed by atoms with E-state index in [4.69, 9.17) is 5.11 Å². The van der Waals surface area contributed by atoms with Gasteiger partial charge in [-0.1, -0.05) is 78.4 Å². The van der Waals surface area contributed by atoms with Crippen LogP contribution in [0.4, 0.5) is 0 Å². The highest BCUT2D eigenvalue weighted by Crippen LogP contribution is 2.32. The van der Waals surface area contributed by atoms with Crippen molar-refractivity contribution < 1.29 is 15.0 Å². The average molecular weight is 512 g/mol. The Morgan fingerprint density at radius 1 is 0.816 bits per heavy atom. The van der Waals surface area contributed by atoms with Gasteiger partial charge in [-0.05, 0) is 97.9 Å². The normalized spacial score (nSPS) is 14.9. The molecule has 0 saturated carbocycles. The molecule has 0 aliphatic carbocycles. The standard InChI is InChI=1S/C34H41NO3/c1-25-26(2)31(24-33(37)38)16-15-27(25)17-18-32(36)14-9-21-35-22-19-30(20-23-35)34(28-10-5-3-6-11-28)29-12-7-4-8-13-29/h3-8,10-13,15-16,32,36H,9,14,17-24H2,1-2H3,(H,37,38). The molecule has 3 aromatic carbocycles. The largest absolute Gasteiger partial charge is 0.481 e. The molecule has 1 atom stereocenters. The van der Waals surface area contributed by atoms with Crippen molar-refractivity contribution in [1.82, 2.24) is 4.90 Å². The first-order valence-electron chi connectivity index (χ1n) is 14.0. The quantitative estimate of drug-likeness (QED) is 0.304. The smallest absolute Gasteiger partial charge is 0.307 e. The maximum absolute atomic E-state index is 11.1. The molecule has 0 aromatic heterocycles. The number of aliphatic hydroxyl groups excluding tert-OH is 1. The summed E-state index contributed by atoms with van der Waals surface area (Å²) in [7, 11) is 0. The van der Waals surface area contributed by atoms with Gasteiger partial charge in [0.05, 0.1) is 12.5 Å². The van der Waals surface area contributed by atoms with Gasteiger partial charge in [0.1, 0.15) is 0 Å². The summed E-state index contributed by atoms with van der Waals surface area (Å²) in [5.74, 6) is -0.801. The van der Waals surface area contributed by atoms with Crippen molar-refractivity contribution >= 4 is 11.5 Å². The van der Waals surface area contributed by atoms with E-state index in [2.05, 4.69) is 72.5 Å². The fraction of sp³-hybridized carbons (Fsp3) is 0.382. The van der Waals surface area contributed by atoms with Crippen LogP contribution in [-0.4, -0.2) is 46.8 Å². The Morgan fingerprint density at radius 3 is 1.95 bits per heavy atom. The van der Waals surface area contributed by atoms with E-state index in [9.17, 15) is 9.90 Å². The topological polar surface area (TPSA) is 60.8 Å². The zero-order chi connectivity index (χ0) is 26.9. The first-order valence-corrected chi connectivity index (χ1v) is 14.0. The Morgan fingerprint density at radius 2 is 1.37 bits per heavy atom. The minimum atomic E-state index is -0.801. The van der Waals surface area contributed by atoms with Gasteiger partial charge in [-0.25, -0.2) is 0 Å². The van der Waals surface area contributed by atoms with Crippen LogP contribution in [0.15, 0.2) is 78.4 Å². The molecule has 1 aliphatic heterocycles. The number of carbonyl (C=O) groups is 1. The molecular weight excluding hydrogens is 470 g/mol. The predicted molar refractivity (Wildman–Crippen MR) is 155 cm³/mol. The maximum atomic E-state index is 11.1. The Labute approximate surface area is 227 Å². The molecule has 0 bridgehead atoms. The third kappa shape index (κ3) is 7.43. The second kappa shape index (κ2) is 13.5. The number of aryl methyl sites for hydroxylation is 1. The van der Waals surface area contributed by atoms with Crippen molar-refractivity contribution in [3.63, 3.8) is 0 Å². The summed E-state index contributed by atoms with van der Waals surface area (Å²) in [6.45, 7) is 7.21. The molecule has 1 saturated heterocycles. The third-order valence-corrected chi connectivity index (χ3v) is 8.05. The molecule has 4 heteroatoms. The van der Waals surface area contributed by atoms with E-state index in [-0.39, 0.29) is 12.5 Å². The van der Waals surface area contributed by atoms with Crippen LogP contribution in [0.2, 0.25) is 0 Å². The van der Waals surface area contributed by atoms with Crippen molar-refractivity contribution in [2.24, 2.45) is 0 Å². The van der Waals surface area contributed by atoms with E-state index in [1.165, 1.54) is 22.3 Å². The van der Waals surface area contributed by atoms with Gasteiger partial charge in [-0.3, -0.25) is 4.79 Å². The number of carboxylic acid groups (broad SMARTS) is 1. The SMILES string of the molecule is Cc1c(CCC(O)CCCN2CCC(=C(c3ccccc3)c3ccccc3)CC2)ccc(CC(=O)O)c1C. The number of aliphatic hydroxyl groups is 1. The fourth-order valence-corrected chi connectivity index (χ4v) is 5.66. The second-order valence-corrected chi connectivity index (χ2v) is 10.6. The number of piperidine rings is 1. The summed E-state index contributed by atoms with van der Waals surface area (Å²) in [4.78, 5) is 13.6. The molecule has 1 aliphatic rings. The Balaban J connectivity index is 1.26. The van der Waals surface area contributed by atoms with Crippen LogP contribution in [-0.2, 0) is 17.6 Å². The van der Waals surface area contributed by atoms with Gasteiger partial charge in [0.15, 0.2) is 0 Å². The van der Waals surface area contributed by atoms with Crippen molar-refractivity contribution in [2.45, 2.75) is 64.9 Å². The summed E-state index contributed by atoms with van der Waals surface area (Å²) in [5, 5.41) is 19.7. The van der Waals surface area contributed by atoms with Crippen LogP contribution in [0, 0.1) is 13.8 Å². The number of hydrogen-bond donors (Lipinski definition) is 2. The van der Waals surface area contributed by atoms with Gasteiger partial charge < -0.3 is 15.1 Å². The number of benzene rings is 3. The van der Waals surface area contributed by atoms with Crippen LogP contribution < -0.4 is 0 Å². The summed E-state index contributed by atoms with van der Waals surface area (Å²) in [6.07, 6.45) is 5.29. The van der Waals surface area contributed by atoms with E-state index in [0.29, 0.717) is 0 Å². The molecule has 0 amide bonds. The number of rotatable bonds is 11. The van der Waals surface area contributed by atoms with Crippen LogP contribution in [0.25, 0.3) is 5.57 Å². The van der Waals surface area contributed by atoms with Crippen molar-refractivity contribution in [2.75, 3.05) is 19.6 Å². The number of nitrogens with zero attached hydrogens (tertiary/aromatic N) is 1. The number of likely N-dealkylation sites (tertiary alicyclic amines) is 1. The summed E-state index contributed by atoms with van der Waals surface area (Å²) in [6, 6.07) is 25.5. The lowest BCUT2D eigenvalue weighted by atomic mass is 9.88. The average Bonchev–Trinajstić information content (AvgIpc) is 2.93. The second-order valence-electron chi connectivity index (χ2n) is 10.6. The minimum absolute atomic E-state index is 0.0587. The monoisotopic (exact) mass is 511 g/mol. The molecule has 4 rings (SSSR count). The van der Waals surface area contributed by atoms with Crippen molar-refractivity contribution in [1.29, 1.82) is 0 Å². The van der Waals surface area contributed by atoms with Crippen molar-refractivity contribution in [3.05, 3.63) is 112 Å². The molecule has 3 aromatic rings. The molecular formula is C34H41NO3. The fourth-order valence-electron chi connectivity index (χ4n) is 5.66. The lowest BCUT2D eigenvalue weighted by Gasteiger charge is -2.30.